The van der Waals surface area contributed by atoms with E-state index in [1.54, 1.807) is 12.1 Å². The van der Waals surface area contributed by atoms with Crippen LogP contribution in [-0.2, 0) is 13.0 Å². The minimum Gasteiger partial charge on any atom is -0.378 e. The lowest BCUT2D eigenvalue weighted by Gasteiger charge is -2.14. The number of aliphatic imine (C=N–C) groups is 1. The lowest BCUT2D eigenvalue weighted by molar-refractivity contribution is 0.610. The topological polar surface area (TPSA) is 39.7 Å². The highest BCUT2D eigenvalue weighted by Crippen LogP contribution is 2.12. The van der Waals surface area contributed by atoms with Crippen LogP contribution in [0.1, 0.15) is 18.1 Å². The maximum atomic E-state index is 13.7. The van der Waals surface area contributed by atoms with E-state index in [2.05, 4.69) is 44.8 Å². The van der Waals surface area contributed by atoms with Crippen molar-refractivity contribution >= 4 is 35.6 Å². The quantitative estimate of drug-likeness (QED) is 0.368. The average molecular weight is 470 g/mol. The molecule has 0 radical (unpaired) electrons. The van der Waals surface area contributed by atoms with Gasteiger partial charge >= 0.3 is 0 Å². The largest absolute Gasteiger partial charge is 0.378 e. The first-order chi connectivity index (χ1) is 12.1. The molecule has 0 saturated heterocycles. The van der Waals surface area contributed by atoms with Crippen molar-refractivity contribution in [3.63, 3.8) is 0 Å². The van der Waals surface area contributed by atoms with E-state index in [-0.39, 0.29) is 29.8 Å². The second-order valence-electron chi connectivity index (χ2n) is 6.02. The predicted octanol–water partition coefficient (Wildman–Crippen LogP) is 3.81. The Morgan fingerprint density at radius 1 is 1.04 bits per heavy atom. The van der Waals surface area contributed by atoms with Crippen LogP contribution in [0, 0.1) is 5.82 Å². The molecule has 26 heavy (non-hydrogen) atoms. The summed E-state index contributed by atoms with van der Waals surface area (Å²) >= 11 is 0. The third kappa shape index (κ3) is 7.19. The van der Waals surface area contributed by atoms with Gasteiger partial charge in [0.2, 0.25) is 0 Å². The van der Waals surface area contributed by atoms with Crippen molar-refractivity contribution < 1.29 is 4.39 Å². The second-order valence-corrected chi connectivity index (χ2v) is 6.02. The van der Waals surface area contributed by atoms with Crippen molar-refractivity contribution in [3.05, 3.63) is 65.5 Å². The average Bonchev–Trinajstić information content (AvgIpc) is 2.61. The molecular formula is C20H28FIN4. The molecule has 0 fully saturated rings. The molecule has 0 saturated carbocycles. The third-order valence-corrected chi connectivity index (χ3v) is 3.87. The minimum absolute atomic E-state index is 0. The molecule has 0 atom stereocenters. The Morgan fingerprint density at radius 2 is 1.73 bits per heavy atom. The number of benzene rings is 2. The first-order valence-electron chi connectivity index (χ1n) is 8.62. The van der Waals surface area contributed by atoms with Gasteiger partial charge in [-0.05, 0) is 37.1 Å². The summed E-state index contributed by atoms with van der Waals surface area (Å²) in [6.07, 6.45) is 0.901. The van der Waals surface area contributed by atoms with E-state index in [0.717, 1.165) is 19.5 Å². The van der Waals surface area contributed by atoms with Crippen LogP contribution < -0.4 is 15.5 Å². The van der Waals surface area contributed by atoms with Crippen molar-refractivity contribution in [2.75, 3.05) is 32.1 Å². The normalized spacial score (nSPS) is 10.8. The molecule has 2 N–H and O–H groups in total. The van der Waals surface area contributed by atoms with Crippen molar-refractivity contribution in [2.45, 2.75) is 19.9 Å². The zero-order chi connectivity index (χ0) is 18.1. The van der Waals surface area contributed by atoms with E-state index in [4.69, 9.17) is 0 Å². The Morgan fingerprint density at radius 3 is 2.35 bits per heavy atom. The number of anilines is 1. The number of nitrogens with one attached hydrogen (secondary N) is 2. The molecule has 0 aliphatic rings. The van der Waals surface area contributed by atoms with Crippen molar-refractivity contribution in [2.24, 2.45) is 4.99 Å². The van der Waals surface area contributed by atoms with Crippen molar-refractivity contribution in [1.82, 2.24) is 10.6 Å². The van der Waals surface area contributed by atoms with Crippen LogP contribution in [0.3, 0.4) is 0 Å². The summed E-state index contributed by atoms with van der Waals surface area (Å²) in [6, 6.07) is 15.2. The highest BCUT2D eigenvalue weighted by molar-refractivity contribution is 14.0. The minimum atomic E-state index is -0.219. The summed E-state index contributed by atoms with van der Waals surface area (Å²) in [6.45, 7) is 3.87. The number of halogens is 2. The van der Waals surface area contributed by atoms with Gasteiger partial charge in [-0.3, -0.25) is 0 Å². The Balaban J connectivity index is 0.00000338. The third-order valence-electron chi connectivity index (χ3n) is 3.87. The summed E-state index contributed by atoms with van der Waals surface area (Å²) in [4.78, 5) is 6.54. The van der Waals surface area contributed by atoms with Crippen LogP contribution in [0.15, 0.2) is 53.5 Å². The van der Waals surface area contributed by atoms with E-state index in [9.17, 15) is 4.39 Å². The fraction of sp³-hybridized carbons (Fsp3) is 0.350. The molecule has 0 bridgehead atoms. The highest BCUT2D eigenvalue weighted by Gasteiger charge is 2.02. The zero-order valence-corrected chi connectivity index (χ0v) is 18.0. The highest BCUT2D eigenvalue weighted by atomic mass is 127. The van der Waals surface area contributed by atoms with E-state index in [1.807, 2.05) is 27.1 Å². The molecule has 4 nitrogen and oxygen atoms in total. The summed E-state index contributed by atoms with van der Waals surface area (Å²) < 4.78 is 13.7. The summed E-state index contributed by atoms with van der Waals surface area (Å²) in [5.74, 6) is 0.485. The Bertz CT molecular complexity index is 686. The van der Waals surface area contributed by atoms with Gasteiger partial charge in [0, 0.05) is 38.4 Å². The Kier molecular flexibility index (Phi) is 10.0. The molecule has 142 valence electrons. The fourth-order valence-electron chi connectivity index (χ4n) is 2.42. The number of hydrogen-bond acceptors (Lipinski definition) is 2. The summed E-state index contributed by atoms with van der Waals surface area (Å²) in [5.41, 5.74) is 3.05. The molecule has 0 unspecified atom stereocenters. The summed E-state index contributed by atoms with van der Waals surface area (Å²) in [5, 5.41) is 6.49. The number of hydrogen-bond donors (Lipinski definition) is 2. The van der Waals surface area contributed by atoms with Crippen LogP contribution in [0.2, 0.25) is 0 Å². The van der Waals surface area contributed by atoms with Gasteiger partial charge in [0.25, 0.3) is 0 Å². The van der Waals surface area contributed by atoms with Gasteiger partial charge in [0.1, 0.15) is 5.82 Å². The SMILES string of the molecule is CCNC(=NCc1ccccc1F)NCCc1ccc(N(C)C)cc1.I. The van der Waals surface area contributed by atoms with Crippen molar-refractivity contribution in [1.29, 1.82) is 0 Å². The number of nitrogens with zero attached hydrogens (tertiary/aromatic N) is 2. The maximum absolute atomic E-state index is 13.7. The number of guanidine groups is 1. The maximum Gasteiger partial charge on any atom is 0.191 e. The van der Waals surface area contributed by atoms with Gasteiger partial charge < -0.3 is 15.5 Å². The van der Waals surface area contributed by atoms with Gasteiger partial charge in [-0.2, -0.15) is 0 Å². The van der Waals surface area contributed by atoms with E-state index >= 15 is 0 Å². The van der Waals surface area contributed by atoms with Crippen LogP contribution in [-0.4, -0.2) is 33.1 Å². The summed E-state index contributed by atoms with van der Waals surface area (Å²) in [7, 11) is 4.07. The first-order valence-corrected chi connectivity index (χ1v) is 8.62. The molecule has 2 aromatic carbocycles. The predicted molar refractivity (Wildman–Crippen MR) is 119 cm³/mol. The first kappa shape index (κ1) is 22.2. The molecule has 0 aliphatic heterocycles. The smallest absolute Gasteiger partial charge is 0.191 e. The van der Waals surface area contributed by atoms with Crippen LogP contribution in [0.25, 0.3) is 0 Å². The van der Waals surface area contributed by atoms with Gasteiger partial charge in [-0.15, -0.1) is 24.0 Å². The lowest BCUT2D eigenvalue weighted by atomic mass is 10.1. The van der Waals surface area contributed by atoms with Crippen LogP contribution >= 0.6 is 24.0 Å². The Labute approximate surface area is 172 Å². The molecule has 0 spiro atoms. The van der Waals surface area contributed by atoms with Crippen LogP contribution in [0.4, 0.5) is 10.1 Å². The van der Waals surface area contributed by atoms with Gasteiger partial charge in [-0.25, -0.2) is 9.38 Å². The number of rotatable bonds is 7. The molecule has 2 aromatic rings. The molecule has 0 amide bonds. The second kappa shape index (κ2) is 11.7. The van der Waals surface area contributed by atoms with Gasteiger partial charge in [0.05, 0.1) is 6.54 Å². The lowest BCUT2D eigenvalue weighted by Crippen LogP contribution is -2.38. The van der Waals surface area contributed by atoms with Crippen LogP contribution in [0.5, 0.6) is 0 Å². The Hall–Kier alpha value is -1.83. The fourth-order valence-corrected chi connectivity index (χ4v) is 2.42. The van der Waals surface area contributed by atoms with Crippen molar-refractivity contribution in [3.8, 4) is 0 Å². The zero-order valence-electron chi connectivity index (χ0n) is 15.6. The molecule has 2 rings (SSSR count). The van der Waals surface area contributed by atoms with Gasteiger partial charge in [-0.1, -0.05) is 30.3 Å². The standard InChI is InChI=1S/C20H27FN4.HI/c1-4-22-20(24-15-17-7-5-6-8-19(17)21)23-14-13-16-9-11-18(12-10-16)25(2)3;/h5-12H,4,13-15H2,1-3H3,(H2,22,23,24);1H. The van der Waals surface area contributed by atoms with E-state index < -0.39 is 0 Å². The monoisotopic (exact) mass is 470 g/mol. The molecule has 0 aliphatic carbocycles. The molecule has 0 heterocycles. The van der Waals surface area contributed by atoms with Gasteiger partial charge in [0.15, 0.2) is 5.96 Å². The van der Waals surface area contributed by atoms with E-state index in [0.29, 0.717) is 18.1 Å². The molecule has 6 heteroatoms. The molecular weight excluding hydrogens is 442 g/mol. The van der Waals surface area contributed by atoms with E-state index in [1.165, 1.54) is 17.3 Å². The molecule has 0 aromatic heterocycles.